The minimum Gasteiger partial charge on any atom is -0.493 e. The first kappa shape index (κ1) is 13.4. The summed E-state index contributed by atoms with van der Waals surface area (Å²) in [5, 5.41) is 0. The third-order valence-corrected chi connectivity index (χ3v) is 2.70. The van der Waals surface area contributed by atoms with Crippen LogP contribution in [0.15, 0.2) is 12.1 Å². The second-order valence-electron chi connectivity index (χ2n) is 4.25. The Morgan fingerprint density at radius 3 is 1.76 bits per heavy atom. The average Bonchev–Trinajstić information content (AvgIpc) is 2.36. The Balaban J connectivity index is 3.42. The average molecular weight is 238 g/mol. The summed E-state index contributed by atoms with van der Waals surface area (Å²) in [6.45, 7) is 3.67. The zero-order valence-corrected chi connectivity index (χ0v) is 10.9. The summed E-state index contributed by atoms with van der Waals surface area (Å²) >= 11 is 0. The van der Waals surface area contributed by atoms with Crippen molar-refractivity contribution in [3.05, 3.63) is 17.7 Å². The number of carbonyl (C=O) groups excluding carboxylic acids is 1. The van der Waals surface area contributed by atoms with E-state index in [9.17, 15) is 4.79 Å². The van der Waals surface area contributed by atoms with Crippen molar-refractivity contribution in [1.29, 1.82) is 0 Å². The molecule has 0 heterocycles. The van der Waals surface area contributed by atoms with Crippen molar-refractivity contribution in [2.24, 2.45) is 0 Å². The summed E-state index contributed by atoms with van der Waals surface area (Å²) in [5.41, 5.74) is 0.231. The highest BCUT2D eigenvalue weighted by atomic mass is 16.5. The Hall–Kier alpha value is -1.71. The number of hydrogen-bond donors (Lipinski definition) is 0. The number of rotatable bonds is 5. The summed E-state index contributed by atoms with van der Waals surface area (Å²) < 4.78 is 15.7. The summed E-state index contributed by atoms with van der Waals surface area (Å²) in [6, 6.07) is 3.57. The summed E-state index contributed by atoms with van der Waals surface area (Å²) in [5.74, 6) is 1.63. The van der Waals surface area contributed by atoms with Gasteiger partial charge in [0.2, 0.25) is 5.75 Å². The lowest BCUT2D eigenvalue weighted by Crippen LogP contribution is -2.19. The number of aldehydes is 1. The van der Waals surface area contributed by atoms with Crippen LogP contribution in [0.2, 0.25) is 0 Å². The van der Waals surface area contributed by atoms with Crippen LogP contribution in [0, 0.1) is 0 Å². The molecule has 0 bridgehead atoms. The number of benzene rings is 1. The highest BCUT2D eigenvalue weighted by Crippen LogP contribution is 2.40. The van der Waals surface area contributed by atoms with Crippen molar-refractivity contribution in [3.8, 4) is 17.2 Å². The summed E-state index contributed by atoms with van der Waals surface area (Å²) in [6.07, 6.45) is 0.897. The summed E-state index contributed by atoms with van der Waals surface area (Å²) in [7, 11) is 4.65. The molecule has 94 valence electrons. The fraction of sp³-hybridized carbons (Fsp3) is 0.462. The van der Waals surface area contributed by atoms with Gasteiger partial charge in [0.25, 0.3) is 0 Å². The molecule has 1 aromatic carbocycles. The molecule has 0 aromatic heterocycles. The number of hydrogen-bond acceptors (Lipinski definition) is 4. The monoisotopic (exact) mass is 238 g/mol. The van der Waals surface area contributed by atoms with E-state index in [0.717, 1.165) is 11.8 Å². The third-order valence-electron chi connectivity index (χ3n) is 2.70. The fourth-order valence-corrected chi connectivity index (χ4v) is 1.52. The zero-order valence-electron chi connectivity index (χ0n) is 10.9. The smallest absolute Gasteiger partial charge is 0.203 e. The Labute approximate surface area is 101 Å². The van der Waals surface area contributed by atoms with Gasteiger partial charge in [-0.1, -0.05) is 0 Å². The van der Waals surface area contributed by atoms with E-state index in [2.05, 4.69) is 0 Å². The molecule has 0 saturated heterocycles. The van der Waals surface area contributed by atoms with Gasteiger partial charge >= 0.3 is 0 Å². The minimum absolute atomic E-state index is 0.528. The van der Waals surface area contributed by atoms with Gasteiger partial charge in [0, 0.05) is 5.41 Å². The van der Waals surface area contributed by atoms with E-state index < -0.39 is 5.41 Å². The molecule has 0 spiro atoms. The normalized spacial score (nSPS) is 10.9. The molecule has 0 fully saturated rings. The van der Waals surface area contributed by atoms with Gasteiger partial charge in [-0.3, -0.25) is 0 Å². The molecule has 0 aliphatic carbocycles. The van der Waals surface area contributed by atoms with Crippen LogP contribution < -0.4 is 14.2 Å². The van der Waals surface area contributed by atoms with Crippen molar-refractivity contribution < 1.29 is 19.0 Å². The maximum absolute atomic E-state index is 11.1. The Kier molecular flexibility index (Phi) is 3.99. The van der Waals surface area contributed by atoms with E-state index in [0.29, 0.717) is 17.2 Å². The molecule has 4 nitrogen and oxygen atoms in total. The molecule has 1 rings (SSSR count). The standard InChI is InChI=1S/C13H18O4/c1-13(2,8-14)9-6-10(15-3)12(17-5)11(7-9)16-4/h6-8H,1-5H3. The topological polar surface area (TPSA) is 44.8 Å². The third kappa shape index (κ3) is 2.52. The van der Waals surface area contributed by atoms with Crippen LogP contribution in [0.25, 0.3) is 0 Å². The lowest BCUT2D eigenvalue weighted by molar-refractivity contribution is -0.111. The maximum atomic E-state index is 11.1. The van der Waals surface area contributed by atoms with Crippen LogP contribution in [-0.4, -0.2) is 27.6 Å². The lowest BCUT2D eigenvalue weighted by atomic mass is 9.86. The molecular formula is C13H18O4. The SMILES string of the molecule is COc1cc(C(C)(C)C=O)cc(OC)c1OC. The van der Waals surface area contributed by atoms with Gasteiger partial charge in [0.05, 0.1) is 21.3 Å². The van der Waals surface area contributed by atoms with Gasteiger partial charge in [-0.05, 0) is 31.5 Å². The molecular weight excluding hydrogens is 220 g/mol. The summed E-state index contributed by atoms with van der Waals surface area (Å²) in [4.78, 5) is 11.1. The number of carbonyl (C=O) groups is 1. The Bertz CT molecular complexity index is 385. The van der Waals surface area contributed by atoms with Gasteiger partial charge in [-0.2, -0.15) is 0 Å². The van der Waals surface area contributed by atoms with Crippen molar-refractivity contribution >= 4 is 6.29 Å². The second kappa shape index (κ2) is 5.08. The molecule has 0 aliphatic heterocycles. The van der Waals surface area contributed by atoms with E-state index in [1.54, 1.807) is 33.5 Å². The molecule has 0 N–H and O–H groups in total. The van der Waals surface area contributed by atoms with Gasteiger partial charge in [0.1, 0.15) is 6.29 Å². The van der Waals surface area contributed by atoms with Crippen molar-refractivity contribution in [3.63, 3.8) is 0 Å². The van der Waals surface area contributed by atoms with E-state index in [1.807, 2.05) is 13.8 Å². The predicted octanol–water partition coefficient (Wildman–Crippen LogP) is 2.19. The Morgan fingerprint density at radius 2 is 1.47 bits per heavy atom. The minimum atomic E-state index is -0.590. The van der Waals surface area contributed by atoms with Crippen LogP contribution >= 0.6 is 0 Å². The molecule has 17 heavy (non-hydrogen) atoms. The van der Waals surface area contributed by atoms with E-state index in [4.69, 9.17) is 14.2 Å². The lowest BCUT2D eigenvalue weighted by Gasteiger charge is -2.21. The Morgan fingerprint density at radius 1 is 1.00 bits per heavy atom. The first-order chi connectivity index (χ1) is 8.00. The van der Waals surface area contributed by atoms with Crippen LogP contribution in [0.3, 0.4) is 0 Å². The maximum Gasteiger partial charge on any atom is 0.203 e. The first-order valence-electron chi connectivity index (χ1n) is 5.27. The van der Waals surface area contributed by atoms with Gasteiger partial charge in [-0.15, -0.1) is 0 Å². The quantitative estimate of drug-likeness (QED) is 0.738. The van der Waals surface area contributed by atoms with Crippen LogP contribution in [0.5, 0.6) is 17.2 Å². The number of methoxy groups -OCH3 is 3. The highest BCUT2D eigenvalue weighted by molar-refractivity contribution is 5.69. The predicted molar refractivity (Wildman–Crippen MR) is 65.2 cm³/mol. The van der Waals surface area contributed by atoms with Crippen molar-refractivity contribution in [1.82, 2.24) is 0 Å². The van der Waals surface area contributed by atoms with Crippen LogP contribution in [0.4, 0.5) is 0 Å². The van der Waals surface area contributed by atoms with Gasteiger partial charge < -0.3 is 19.0 Å². The zero-order chi connectivity index (χ0) is 13.1. The molecule has 1 aromatic rings. The fourth-order valence-electron chi connectivity index (χ4n) is 1.52. The van der Waals surface area contributed by atoms with Gasteiger partial charge in [-0.25, -0.2) is 0 Å². The molecule has 0 radical (unpaired) electrons. The van der Waals surface area contributed by atoms with Gasteiger partial charge in [0.15, 0.2) is 11.5 Å². The highest BCUT2D eigenvalue weighted by Gasteiger charge is 2.24. The largest absolute Gasteiger partial charge is 0.493 e. The molecule has 0 aliphatic rings. The van der Waals surface area contributed by atoms with Crippen molar-refractivity contribution in [2.75, 3.05) is 21.3 Å². The van der Waals surface area contributed by atoms with Crippen molar-refractivity contribution in [2.45, 2.75) is 19.3 Å². The molecule has 0 amide bonds. The first-order valence-corrected chi connectivity index (χ1v) is 5.27. The molecule has 0 unspecified atom stereocenters. The molecule has 0 atom stereocenters. The van der Waals surface area contributed by atoms with E-state index in [-0.39, 0.29) is 0 Å². The van der Waals surface area contributed by atoms with E-state index >= 15 is 0 Å². The molecule has 4 heteroatoms. The number of ether oxygens (including phenoxy) is 3. The van der Waals surface area contributed by atoms with E-state index in [1.165, 1.54) is 0 Å². The molecule has 0 saturated carbocycles. The van der Waals surface area contributed by atoms with Crippen LogP contribution in [-0.2, 0) is 10.2 Å². The van der Waals surface area contributed by atoms with Crippen LogP contribution in [0.1, 0.15) is 19.4 Å². The second-order valence-corrected chi connectivity index (χ2v) is 4.25.